The van der Waals surface area contributed by atoms with Crippen LogP contribution < -0.4 is 15.4 Å². The van der Waals surface area contributed by atoms with Crippen LogP contribution in [0.2, 0.25) is 0 Å². The summed E-state index contributed by atoms with van der Waals surface area (Å²) in [6.45, 7) is 5.97. The summed E-state index contributed by atoms with van der Waals surface area (Å²) in [6.07, 6.45) is 2.84. The van der Waals surface area contributed by atoms with E-state index in [-0.39, 0.29) is 0 Å². The summed E-state index contributed by atoms with van der Waals surface area (Å²) < 4.78 is 5.21. The molecule has 0 saturated carbocycles. The average Bonchev–Trinajstić information content (AvgIpc) is 2.42. The van der Waals surface area contributed by atoms with Gasteiger partial charge in [-0.3, -0.25) is 4.99 Å². The third-order valence-corrected chi connectivity index (χ3v) is 2.73. The lowest BCUT2D eigenvalue weighted by Gasteiger charge is -2.13. The van der Waals surface area contributed by atoms with Crippen LogP contribution in [0.3, 0.4) is 0 Å². The van der Waals surface area contributed by atoms with Gasteiger partial charge in [-0.1, -0.05) is 19.9 Å². The van der Waals surface area contributed by atoms with E-state index < -0.39 is 0 Å². The number of hydrogen-bond donors (Lipinski definition) is 2. The third kappa shape index (κ3) is 5.59. The van der Waals surface area contributed by atoms with E-state index in [1.54, 1.807) is 20.4 Å². The highest BCUT2D eigenvalue weighted by molar-refractivity contribution is 5.79. The molecule has 1 heterocycles. The highest BCUT2D eigenvalue weighted by Gasteiger charge is 2.04. The Hall–Kier alpha value is -1.78. The first kappa shape index (κ1) is 15.3. The number of nitrogens with one attached hydrogen (secondary N) is 2. The summed E-state index contributed by atoms with van der Waals surface area (Å²) in [5, 5.41) is 6.54. The van der Waals surface area contributed by atoms with E-state index >= 15 is 0 Å². The second-order valence-corrected chi connectivity index (χ2v) is 4.71. The Balaban J connectivity index is 2.45. The maximum absolute atomic E-state index is 5.21. The number of pyridine rings is 1. The van der Waals surface area contributed by atoms with Crippen LogP contribution in [-0.2, 0) is 6.54 Å². The van der Waals surface area contributed by atoms with Gasteiger partial charge in [-0.25, -0.2) is 4.98 Å². The van der Waals surface area contributed by atoms with Crippen molar-refractivity contribution < 1.29 is 4.74 Å². The van der Waals surface area contributed by atoms with Gasteiger partial charge in [0.05, 0.1) is 7.11 Å². The van der Waals surface area contributed by atoms with E-state index in [0.717, 1.165) is 24.5 Å². The standard InChI is InChI=1S/C14H24N4O/c1-11(2)7-9-17-14(15-3)18-10-12-6-5-8-16-13(12)19-4/h5-6,8,11H,7,9-10H2,1-4H3,(H2,15,17,18). The van der Waals surface area contributed by atoms with Gasteiger partial charge >= 0.3 is 0 Å². The smallest absolute Gasteiger partial charge is 0.218 e. The number of guanidine groups is 1. The van der Waals surface area contributed by atoms with Crippen molar-refractivity contribution in [1.29, 1.82) is 0 Å². The lowest BCUT2D eigenvalue weighted by molar-refractivity contribution is 0.392. The van der Waals surface area contributed by atoms with Crippen molar-refractivity contribution in [2.45, 2.75) is 26.8 Å². The number of aromatic nitrogens is 1. The van der Waals surface area contributed by atoms with Gasteiger partial charge in [0.15, 0.2) is 5.96 Å². The van der Waals surface area contributed by atoms with E-state index in [9.17, 15) is 0 Å². The number of ether oxygens (including phenoxy) is 1. The minimum atomic E-state index is 0.637. The average molecular weight is 264 g/mol. The Morgan fingerprint density at radius 3 is 2.84 bits per heavy atom. The lowest BCUT2D eigenvalue weighted by Crippen LogP contribution is -2.37. The van der Waals surface area contributed by atoms with E-state index in [1.165, 1.54) is 0 Å². The Morgan fingerprint density at radius 2 is 2.21 bits per heavy atom. The molecule has 2 N–H and O–H groups in total. The summed E-state index contributed by atoms with van der Waals surface area (Å²) in [6, 6.07) is 3.88. The van der Waals surface area contributed by atoms with Crippen molar-refractivity contribution in [3.05, 3.63) is 23.9 Å². The van der Waals surface area contributed by atoms with Crippen LogP contribution in [0.5, 0.6) is 5.88 Å². The monoisotopic (exact) mass is 264 g/mol. The van der Waals surface area contributed by atoms with Gasteiger partial charge in [-0.15, -0.1) is 0 Å². The zero-order valence-corrected chi connectivity index (χ0v) is 12.2. The van der Waals surface area contributed by atoms with Gasteiger partial charge in [0.25, 0.3) is 0 Å². The zero-order chi connectivity index (χ0) is 14.1. The second-order valence-electron chi connectivity index (χ2n) is 4.71. The first-order valence-corrected chi connectivity index (χ1v) is 6.59. The van der Waals surface area contributed by atoms with Crippen LogP contribution in [-0.4, -0.2) is 31.6 Å². The van der Waals surface area contributed by atoms with Crippen molar-refractivity contribution in [2.75, 3.05) is 20.7 Å². The Morgan fingerprint density at radius 1 is 1.42 bits per heavy atom. The first-order chi connectivity index (χ1) is 9.17. The van der Waals surface area contributed by atoms with E-state index in [4.69, 9.17) is 4.74 Å². The topological polar surface area (TPSA) is 58.5 Å². The molecule has 1 rings (SSSR count). The molecule has 5 heteroatoms. The summed E-state index contributed by atoms with van der Waals surface area (Å²) in [5.41, 5.74) is 1.01. The van der Waals surface area contributed by atoms with Gasteiger partial charge in [-0.2, -0.15) is 0 Å². The lowest BCUT2D eigenvalue weighted by atomic mass is 10.1. The van der Waals surface area contributed by atoms with Crippen molar-refractivity contribution in [2.24, 2.45) is 10.9 Å². The molecule has 19 heavy (non-hydrogen) atoms. The number of rotatable bonds is 6. The molecular weight excluding hydrogens is 240 g/mol. The minimum absolute atomic E-state index is 0.637. The maximum atomic E-state index is 5.21. The second kappa shape index (κ2) is 8.34. The molecule has 0 aliphatic carbocycles. The van der Waals surface area contributed by atoms with Crippen molar-refractivity contribution in [1.82, 2.24) is 15.6 Å². The van der Waals surface area contributed by atoms with Gasteiger partial charge in [0.1, 0.15) is 0 Å². The number of aliphatic imine (C=N–C) groups is 1. The molecule has 0 spiro atoms. The van der Waals surface area contributed by atoms with E-state index in [1.807, 2.05) is 12.1 Å². The zero-order valence-electron chi connectivity index (χ0n) is 12.2. The molecule has 5 nitrogen and oxygen atoms in total. The Bertz CT molecular complexity index is 404. The quantitative estimate of drug-likeness (QED) is 0.607. The first-order valence-electron chi connectivity index (χ1n) is 6.59. The fourth-order valence-electron chi connectivity index (χ4n) is 1.62. The van der Waals surface area contributed by atoms with Crippen molar-refractivity contribution >= 4 is 5.96 Å². The molecule has 0 fully saturated rings. The predicted octanol–water partition coefficient (Wildman–Crippen LogP) is 1.80. The van der Waals surface area contributed by atoms with Crippen LogP contribution in [0.1, 0.15) is 25.8 Å². The summed E-state index contributed by atoms with van der Waals surface area (Å²) in [5.74, 6) is 2.13. The fraction of sp³-hybridized carbons (Fsp3) is 0.571. The Labute approximate surface area is 115 Å². The molecule has 0 amide bonds. The minimum Gasteiger partial charge on any atom is -0.481 e. The van der Waals surface area contributed by atoms with Crippen LogP contribution in [0.4, 0.5) is 0 Å². The highest BCUT2D eigenvalue weighted by atomic mass is 16.5. The molecule has 0 aliphatic heterocycles. The normalized spacial score (nSPS) is 11.5. The van der Waals surface area contributed by atoms with Gasteiger partial charge in [0, 0.05) is 31.9 Å². The van der Waals surface area contributed by atoms with Gasteiger partial charge in [-0.05, 0) is 18.4 Å². The molecule has 0 atom stereocenters. The van der Waals surface area contributed by atoms with Crippen LogP contribution in [0.15, 0.2) is 23.3 Å². The SMILES string of the molecule is CN=C(NCCC(C)C)NCc1cccnc1OC. The van der Waals surface area contributed by atoms with E-state index in [2.05, 4.69) is 34.5 Å². The molecule has 1 aromatic rings. The molecule has 106 valence electrons. The molecule has 1 aromatic heterocycles. The van der Waals surface area contributed by atoms with Gasteiger partial charge in [0.2, 0.25) is 5.88 Å². The van der Waals surface area contributed by atoms with E-state index in [0.29, 0.717) is 18.3 Å². The number of nitrogens with zero attached hydrogens (tertiary/aromatic N) is 2. The number of methoxy groups -OCH3 is 1. The molecule has 0 bridgehead atoms. The predicted molar refractivity (Wildman–Crippen MR) is 78.4 cm³/mol. The highest BCUT2D eigenvalue weighted by Crippen LogP contribution is 2.12. The van der Waals surface area contributed by atoms with Crippen LogP contribution in [0, 0.1) is 5.92 Å². The van der Waals surface area contributed by atoms with Crippen LogP contribution >= 0.6 is 0 Å². The fourth-order valence-corrected chi connectivity index (χ4v) is 1.62. The van der Waals surface area contributed by atoms with Crippen molar-refractivity contribution in [3.63, 3.8) is 0 Å². The van der Waals surface area contributed by atoms with Gasteiger partial charge < -0.3 is 15.4 Å². The Kier molecular flexibility index (Phi) is 6.71. The summed E-state index contributed by atoms with van der Waals surface area (Å²) in [7, 11) is 3.40. The largest absolute Gasteiger partial charge is 0.481 e. The summed E-state index contributed by atoms with van der Waals surface area (Å²) >= 11 is 0. The maximum Gasteiger partial charge on any atom is 0.218 e. The molecule has 0 unspecified atom stereocenters. The summed E-state index contributed by atoms with van der Waals surface area (Å²) in [4.78, 5) is 8.35. The third-order valence-electron chi connectivity index (χ3n) is 2.73. The number of hydrogen-bond acceptors (Lipinski definition) is 3. The molecule has 0 aliphatic rings. The molecule has 0 saturated heterocycles. The molecule has 0 aromatic carbocycles. The van der Waals surface area contributed by atoms with Crippen LogP contribution in [0.25, 0.3) is 0 Å². The molecule has 0 radical (unpaired) electrons. The van der Waals surface area contributed by atoms with Crippen molar-refractivity contribution in [3.8, 4) is 5.88 Å². The molecular formula is C14H24N4O.